The molecule has 2 aliphatic rings. The smallest absolute Gasteiger partial charge is 0.243 e. The summed E-state index contributed by atoms with van der Waals surface area (Å²) in [5, 5.41) is 7.97. The van der Waals surface area contributed by atoms with Crippen molar-refractivity contribution in [3.63, 3.8) is 0 Å². The van der Waals surface area contributed by atoms with Crippen molar-refractivity contribution in [2.24, 2.45) is 10.7 Å². The van der Waals surface area contributed by atoms with E-state index < -0.39 is 32.7 Å². The van der Waals surface area contributed by atoms with E-state index in [2.05, 4.69) is 4.99 Å². The SMILES string of the molecule is COC[C@H]1C[C@@H]2[C@](c3cc(Oc4cccc(C#N)c4)ccc3F)(CO1)N=C(N)N(C)S2(=O)=O. The van der Waals surface area contributed by atoms with E-state index in [1.165, 1.54) is 32.4 Å². The molecule has 2 aliphatic heterocycles. The molecular weight excluding hydrogens is 451 g/mol. The number of aliphatic imine (C=N–C) groups is 1. The highest BCUT2D eigenvalue weighted by atomic mass is 32.2. The van der Waals surface area contributed by atoms with Gasteiger partial charge in [0.05, 0.1) is 31.0 Å². The van der Waals surface area contributed by atoms with Gasteiger partial charge in [0.2, 0.25) is 16.0 Å². The first-order chi connectivity index (χ1) is 15.7. The van der Waals surface area contributed by atoms with Crippen molar-refractivity contribution in [3.05, 3.63) is 59.4 Å². The van der Waals surface area contributed by atoms with Crippen molar-refractivity contribution in [1.82, 2.24) is 4.31 Å². The molecule has 2 aromatic rings. The molecule has 1 saturated heterocycles. The highest BCUT2D eigenvalue weighted by molar-refractivity contribution is 7.90. The Hall–Kier alpha value is -3.20. The van der Waals surface area contributed by atoms with Gasteiger partial charge in [0, 0.05) is 19.7 Å². The number of hydrogen-bond acceptors (Lipinski definition) is 8. The summed E-state index contributed by atoms with van der Waals surface area (Å²) in [6.45, 7) is -0.0182. The maximum atomic E-state index is 15.2. The Labute approximate surface area is 191 Å². The quantitative estimate of drug-likeness (QED) is 0.703. The summed E-state index contributed by atoms with van der Waals surface area (Å²) in [6, 6.07) is 12.5. The topological polar surface area (TPSA) is 127 Å². The number of benzene rings is 2. The van der Waals surface area contributed by atoms with Gasteiger partial charge >= 0.3 is 0 Å². The van der Waals surface area contributed by atoms with E-state index >= 15 is 4.39 Å². The van der Waals surface area contributed by atoms with Crippen LogP contribution in [0.1, 0.15) is 17.5 Å². The first-order valence-electron chi connectivity index (χ1n) is 10.1. The van der Waals surface area contributed by atoms with Crippen LogP contribution in [0.3, 0.4) is 0 Å². The number of guanidine groups is 1. The third kappa shape index (κ3) is 4.01. The number of hydrogen-bond donors (Lipinski definition) is 1. The van der Waals surface area contributed by atoms with Gasteiger partial charge in [0.25, 0.3) is 0 Å². The van der Waals surface area contributed by atoms with Gasteiger partial charge in [-0.25, -0.2) is 22.1 Å². The zero-order valence-corrected chi connectivity index (χ0v) is 18.9. The standard InChI is InChI=1S/C22H23FN4O5S/c1-27-21(25)26-22(13-31-17(12-30-2)10-20(22)33(27,28)29)18-9-16(6-7-19(18)23)32-15-5-3-4-14(8-15)11-24/h3-9,17,20H,10,12-13H2,1-2H3,(H2,25,26)/t17-,20-,22-/m1/s1. The second kappa shape index (κ2) is 8.62. The van der Waals surface area contributed by atoms with E-state index in [4.69, 9.17) is 25.2 Å². The van der Waals surface area contributed by atoms with Crippen molar-refractivity contribution in [2.75, 3.05) is 27.4 Å². The van der Waals surface area contributed by atoms with Gasteiger partial charge < -0.3 is 19.9 Å². The zero-order valence-electron chi connectivity index (χ0n) is 18.1. The summed E-state index contributed by atoms with van der Waals surface area (Å²) < 4.78 is 59.6. The molecule has 9 nitrogen and oxygen atoms in total. The molecule has 0 amide bonds. The lowest BCUT2D eigenvalue weighted by Crippen LogP contribution is -2.62. The minimum absolute atomic E-state index is 0.00284. The largest absolute Gasteiger partial charge is 0.457 e. The molecule has 33 heavy (non-hydrogen) atoms. The molecule has 1 fully saturated rings. The summed E-state index contributed by atoms with van der Waals surface area (Å²) in [6.07, 6.45) is -0.450. The van der Waals surface area contributed by atoms with Crippen LogP contribution in [0.15, 0.2) is 47.5 Å². The molecule has 2 aromatic carbocycles. The maximum Gasteiger partial charge on any atom is 0.243 e. The molecule has 4 rings (SSSR count). The second-order valence-corrected chi connectivity index (χ2v) is 10.0. The Balaban J connectivity index is 1.81. The van der Waals surface area contributed by atoms with Crippen LogP contribution in [0.5, 0.6) is 11.5 Å². The van der Waals surface area contributed by atoms with Crippen molar-refractivity contribution in [1.29, 1.82) is 5.26 Å². The number of sulfonamides is 1. The van der Waals surface area contributed by atoms with E-state index in [1.54, 1.807) is 24.3 Å². The van der Waals surface area contributed by atoms with E-state index in [0.29, 0.717) is 11.3 Å². The van der Waals surface area contributed by atoms with Crippen LogP contribution in [-0.4, -0.2) is 57.4 Å². The van der Waals surface area contributed by atoms with Crippen LogP contribution < -0.4 is 10.5 Å². The number of nitrogens with two attached hydrogens (primary N) is 1. The van der Waals surface area contributed by atoms with E-state index in [-0.39, 0.29) is 36.9 Å². The van der Waals surface area contributed by atoms with Gasteiger partial charge in [0.1, 0.15) is 28.1 Å². The number of fused-ring (bicyclic) bond motifs is 1. The molecule has 0 radical (unpaired) electrons. The van der Waals surface area contributed by atoms with Crippen LogP contribution in [0, 0.1) is 17.1 Å². The van der Waals surface area contributed by atoms with Gasteiger partial charge in [0.15, 0.2) is 0 Å². The van der Waals surface area contributed by atoms with Crippen molar-refractivity contribution < 1.29 is 27.0 Å². The Morgan fingerprint density at radius 2 is 2.09 bits per heavy atom. The first-order valence-corrected chi connectivity index (χ1v) is 11.6. The summed E-state index contributed by atoms with van der Waals surface area (Å²) in [4.78, 5) is 4.45. The summed E-state index contributed by atoms with van der Waals surface area (Å²) in [7, 11) is -1.16. The van der Waals surface area contributed by atoms with Crippen LogP contribution in [0.2, 0.25) is 0 Å². The number of methoxy groups -OCH3 is 1. The lowest BCUT2D eigenvalue weighted by Gasteiger charge is -2.47. The molecule has 0 saturated carbocycles. The van der Waals surface area contributed by atoms with Crippen molar-refractivity contribution in [3.8, 4) is 17.6 Å². The fourth-order valence-electron chi connectivity index (χ4n) is 4.19. The van der Waals surface area contributed by atoms with E-state index in [0.717, 1.165) is 4.31 Å². The highest BCUT2D eigenvalue weighted by Gasteiger charge is 2.57. The minimum atomic E-state index is -3.97. The average Bonchev–Trinajstić information content (AvgIpc) is 2.80. The lowest BCUT2D eigenvalue weighted by molar-refractivity contribution is -0.0611. The molecule has 0 aliphatic carbocycles. The monoisotopic (exact) mass is 474 g/mol. The van der Waals surface area contributed by atoms with Crippen LogP contribution >= 0.6 is 0 Å². The van der Waals surface area contributed by atoms with Crippen molar-refractivity contribution >= 4 is 16.0 Å². The minimum Gasteiger partial charge on any atom is -0.457 e. The van der Waals surface area contributed by atoms with E-state index in [9.17, 15) is 8.42 Å². The Bertz CT molecular complexity index is 1250. The predicted molar refractivity (Wildman–Crippen MR) is 118 cm³/mol. The first kappa shape index (κ1) is 23.0. The molecular formula is C22H23FN4O5S. The summed E-state index contributed by atoms with van der Waals surface area (Å²) in [5.41, 5.74) is 4.75. The number of nitriles is 1. The third-order valence-corrected chi connectivity index (χ3v) is 8.13. The molecule has 0 spiro atoms. The predicted octanol–water partition coefficient (Wildman–Crippen LogP) is 2.08. The highest BCUT2D eigenvalue weighted by Crippen LogP contribution is 2.45. The van der Waals surface area contributed by atoms with E-state index in [1.807, 2.05) is 6.07 Å². The molecule has 2 heterocycles. The van der Waals surface area contributed by atoms with Crippen LogP contribution in [0.4, 0.5) is 4.39 Å². The second-order valence-electron chi connectivity index (χ2n) is 7.90. The van der Waals surface area contributed by atoms with Gasteiger partial charge in [-0.1, -0.05) is 6.07 Å². The fourth-order valence-corrected chi connectivity index (χ4v) is 6.07. The van der Waals surface area contributed by atoms with Gasteiger partial charge in [-0.15, -0.1) is 0 Å². The van der Waals surface area contributed by atoms with Crippen LogP contribution in [0.25, 0.3) is 0 Å². The maximum absolute atomic E-state index is 15.2. The number of halogens is 1. The Kier molecular flexibility index (Phi) is 6.00. The van der Waals surface area contributed by atoms with Gasteiger partial charge in [-0.2, -0.15) is 5.26 Å². The average molecular weight is 475 g/mol. The Morgan fingerprint density at radius 3 is 2.82 bits per heavy atom. The van der Waals surface area contributed by atoms with Gasteiger partial charge in [-0.05, 0) is 42.8 Å². The molecule has 0 unspecified atom stereocenters. The van der Waals surface area contributed by atoms with Crippen LogP contribution in [-0.2, 0) is 25.0 Å². The summed E-state index contributed by atoms with van der Waals surface area (Å²) >= 11 is 0. The van der Waals surface area contributed by atoms with Crippen molar-refractivity contribution in [2.45, 2.75) is 23.3 Å². The molecule has 11 heteroatoms. The lowest BCUT2D eigenvalue weighted by atomic mass is 9.82. The number of ether oxygens (including phenoxy) is 3. The summed E-state index contributed by atoms with van der Waals surface area (Å²) in [5.74, 6) is -0.297. The number of nitrogens with zero attached hydrogens (tertiary/aromatic N) is 3. The molecule has 3 atom stereocenters. The fraction of sp³-hybridized carbons (Fsp3) is 0.364. The van der Waals surface area contributed by atoms with Gasteiger partial charge in [-0.3, -0.25) is 0 Å². The molecule has 0 aromatic heterocycles. The molecule has 2 N–H and O–H groups in total. The third-order valence-electron chi connectivity index (χ3n) is 5.88. The number of rotatable bonds is 5. The normalized spacial score (nSPS) is 26.1. The Morgan fingerprint density at radius 1 is 1.33 bits per heavy atom. The zero-order chi connectivity index (χ0) is 23.8. The molecule has 0 bridgehead atoms. The molecule has 174 valence electrons.